The molecule has 3 nitrogen and oxygen atoms in total. The van der Waals surface area contributed by atoms with Crippen molar-refractivity contribution in [2.75, 3.05) is 27.2 Å². The summed E-state index contributed by atoms with van der Waals surface area (Å²) < 4.78 is 0. The van der Waals surface area contributed by atoms with Gasteiger partial charge in [-0.1, -0.05) is 0 Å². The predicted octanol–water partition coefficient (Wildman–Crippen LogP) is 0.219. The lowest BCUT2D eigenvalue weighted by Gasteiger charge is -2.01. The quantitative estimate of drug-likeness (QED) is 0.479. The van der Waals surface area contributed by atoms with E-state index in [4.69, 9.17) is 0 Å². The standard InChI is InChI=1S/C5H11N.CH5NO/c1-6-4-2-3-5-6;1-3-2/h2-5H2,1H3;2H2,1H3. The number of likely N-dealkylation sites (tertiary alicyclic amines) is 1. The number of hydrogen-bond acceptors (Lipinski definition) is 3. The smallest absolute Gasteiger partial charge is 0.0569 e. The summed E-state index contributed by atoms with van der Waals surface area (Å²) in [4.78, 5) is 6.11. The van der Waals surface area contributed by atoms with E-state index in [1.807, 2.05) is 0 Å². The van der Waals surface area contributed by atoms with Gasteiger partial charge in [0.15, 0.2) is 0 Å². The van der Waals surface area contributed by atoms with Gasteiger partial charge in [0.1, 0.15) is 0 Å². The Labute approximate surface area is 56.7 Å². The van der Waals surface area contributed by atoms with E-state index in [0.717, 1.165) is 0 Å². The van der Waals surface area contributed by atoms with E-state index < -0.39 is 0 Å². The van der Waals surface area contributed by atoms with E-state index in [1.54, 1.807) is 0 Å². The third-order valence-corrected chi connectivity index (χ3v) is 1.33. The van der Waals surface area contributed by atoms with Crippen LogP contribution in [0.5, 0.6) is 0 Å². The second-order valence-electron chi connectivity index (χ2n) is 2.25. The molecule has 56 valence electrons. The van der Waals surface area contributed by atoms with Crippen LogP contribution in [0.3, 0.4) is 0 Å². The van der Waals surface area contributed by atoms with Gasteiger partial charge in [-0.25, -0.2) is 5.90 Å². The molecule has 0 saturated carbocycles. The van der Waals surface area contributed by atoms with Crippen molar-refractivity contribution in [2.24, 2.45) is 5.90 Å². The van der Waals surface area contributed by atoms with Gasteiger partial charge in [-0.2, -0.15) is 0 Å². The summed E-state index contributed by atoms with van der Waals surface area (Å²) in [6.45, 7) is 2.64. The number of rotatable bonds is 0. The highest BCUT2D eigenvalue weighted by atomic mass is 16.6. The first-order valence-electron chi connectivity index (χ1n) is 3.22. The van der Waals surface area contributed by atoms with E-state index in [1.165, 1.54) is 33.0 Å². The van der Waals surface area contributed by atoms with E-state index in [2.05, 4.69) is 22.7 Å². The summed E-state index contributed by atoms with van der Waals surface area (Å²) in [6, 6.07) is 0. The Morgan fingerprint density at radius 3 is 1.78 bits per heavy atom. The van der Waals surface area contributed by atoms with Crippen LogP contribution in [0.2, 0.25) is 0 Å². The molecule has 0 aliphatic carbocycles. The van der Waals surface area contributed by atoms with Crippen molar-refractivity contribution in [3.05, 3.63) is 0 Å². The largest absolute Gasteiger partial charge is 0.308 e. The number of nitrogens with two attached hydrogens (primary N) is 1. The maximum atomic E-state index is 4.35. The van der Waals surface area contributed by atoms with Crippen molar-refractivity contribution >= 4 is 0 Å². The zero-order chi connectivity index (χ0) is 7.11. The van der Waals surface area contributed by atoms with Gasteiger partial charge < -0.3 is 9.74 Å². The van der Waals surface area contributed by atoms with Gasteiger partial charge in [0, 0.05) is 0 Å². The van der Waals surface area contributed by atoms with Gasteiger partial charge in [-0.05, 0) is 33.0 Å². The van der Waals surface area contributed by atoms with Crippen molar-refractivity contribution in [3.8, 4) is 0 Å². The molecular formula is C6H16N2O. The summed E-state index contributed by atoms with van der Waals surface area (Å²) in [6.07, 6.45) is 2.83. The van der Waals surface area contributed by atoms with Gasteiger partial charge in [-0.15, -0.1) is 0 Å². The molecule has 1 fully saturated rings. The monoisotopic (exact) mass is 132 g/mol. The molecule has 0 atom stereocenters. The molecule has 0 aromatic rings. The molecule has 1 saturated heterocycles. The molecule has 0 radical (unpaired) electrons. The molecule has 1 aliphatic rings. The summed E-state index contributed by atoms with van der Waals surface area (Å²) in [7, 11) is 3.58. The Hall–Kier alpha value is -0.120. The summed E-state index contributed by atoms with van der Waals surface area (Å²) in [5.74, 6) is 4.35. The molecule has 2 N–H and O–H groups in total. The molecule has 0 bridgehead atoms. The van der Waals surface area contributed by atoms with Crippen molar-refractivity contribution in [3.63, 3.8) is 0 Å². The third kappa shape index (κ3) is 5.76. The van der Waals surface area contributed by atoms with Crippen LogP contribution in [0.25, 0.3) is 0 Å². The minimum Gasteiger partial charge on any atom is -0.308 e. The van der Waals surface area contributed by atoms with E-state index in [0.29, 0.717) is 0 Å². The van der Waals surface area contributed by atoms with Crippen LogP contribution in [0.1, 0.15) is 12.8 Å². The Morgan fingerprint density at radius 2 is 1.67 bits per heavy atom. The first-order valence-corrected chi connectivity index (χ1v) is 3.22. The van der Waals surface area contributed by atoms with Crippen LogP contribution >= 0.6 is 0 Å². The summed E-state index contributed by atoms with van der Waals surface area (Å²) >= 11 is 0. The van der Waals surface area contributed by atoms with Gasteiger partial charge >= 0.3 is 0 Å². The van der Waals surface area contributed by atoms with Crippen LogP contribution in [0.4, 0.5) is 0 Å². The maximum Gasteiger partial charge on any atom is 0.0569 e. The maximum absolute atomic E-state index is 4.35. The third-order valence-electron chi connectivity index (χ3n) is 1.33. The fourth-order valence-corrected chi connectivity index (χ4v) is 0.875. The molecule has 1 aliphatic heterocycles. The average Bonchev–Trinajstić information content (AvgIpc) is 2.20. The van der Waals surface area contributed by atoms with Gasteiger partial charge in [0.25, 0.3) is 0 Å². The van der Waals surface area contributed by atoms with Gasteiger partial charge in [0.2, 0.25) is 0 Å². The lowest BCUT2D eigenvalue weighted by atomic mass is 10.4. The average molecular weight is 132 g/mol. The van der Waals surface area contributed by atoms with E-state index >= 15 is 0 Å². The molecule has 0 spiro atoms. The highest BCUT2D eigenvalue weighted by Gasteiger charge is 2.03. The fourth-order valence-electron chi connectivity index (χ4n) is 0.875. The predicted molar refractivity (Wildman–Crippen MR) is 37.9 cm³/mol. The second kappa shape index (κ2) is 6.01. The van der Waals surface area contributed by atoms with E-state index in [9.17, 15) is 0 Å². The van der Waals surface area contributed by atoms with E-state index in [-0.39, 0.29) is 0 Å². The van der Waals surface area contributed by atoms with Gasteiger partial charge in [0.05, 0.1) is 7.11 Å². The first kappa shape index (κ1) is 8.88. The Balaban J connectivity index is 0.000000187. The summed E-state index contributed by atoms with van der Waals surface area (Å²) in [5, 5.41) is 0. The highest BCUT2D eigenvalue weighted by Crippen LogP contribution is 2.01. The normalized spacial score (nSPS) is 19.0. The van der Waals surface area contributed by atoms with Crippen molar-refractivity contribution in [1.29, 1.82) is 0 Å². The number of nitrogens with zero attached hydrogens (tertiary/aromatic N) is 1. The molecule has 0 aromatic carbocycles. The van der Waals surface area contributed by atoms with Crippen LogP contribution in [0, 0.1) is 0 Å². The van der Waals surface area contributed by atoms with Gasteiger partial charge in [-0.3, -0.25) is 0 Å². The zero-order valence-corrected chi connectivity index (χ0v) is 6.26. The Morgan fingerprint density at radius 1 is 1.33 bits per heavy atom. The van der Waals surface area contributed by atoms with Crippen LogP contribution in [-0.2, 0) is 4.84 Å². The fraction of sp³-hybridized carbons (Fsp3) is 1.00. The Kier molecular flexibility index (Phi) is 5.93. The molecule has 3 heteroatoms. The lowest BCUT2D eigenvalue weighted by molar-refractivity contribution is 0.206. The zero-order valence-electron chi connectivity index (χ0n) is 6.26. The molecule has 9 heavy (non-hydrogen) atoms. The molecular weight excluding hydrogens is 116 g/mol. The van der Waals surface area contributed by atoms with Crippen molar-refractivity contribution in [2.45, 2.75) is 12.8 Å². The minimum absolute atomic E-state index is 1.32. The highest BCUT2D eigenvalue weighted by molar-refractivity contribution is 4.59. The summed E-state index contributed by atoms with van der Waals surface area (Å²) in [5.41, 5.74) is 0. The molecule has 0 amide bonds. The molecule has 0 unspecified atom stereocenters. The SMILES string of the molecule is CN1CCCC1.CON. The second-order valence-corrected chi connectivity index (χ2v) is 2.25. The minimum atomic E-state index is 1.32. The van der Waals surface area contributed by atoms with Crippen LogP contribution < -0.4 is 5.90 Å². The number of hydrogen-bond donors (Lipinski definition) is 1. The Bertz CT molecular complexity index is 53.0. The molecule has 1 rings (SSSR count). The van der Waals surface area contributed by atoms with Crippen LogP contribution in [-0.4, -0.2) is 32.1 Å². The van der Waals surface area contributed by atoms with Crippen molar-refractivity contribution in [1.82, 2.24) is 4.90 Å². The van der Waals surface area contributed by atoms with Crippen LogP contribution in [0.15, 0.2) is 0 Å². The molecule has 0 aromatic heterocycles. The van der Waals surface area contributed by atoms with Crippen molar-refractivity contribution < 1.29 is 4.84 Å². The first-order chi connectivity index (χ1) is 4.31. The topological polar surface area (TPSA) is 38.5 Å². The lowest BCUT2D eigenvalue weighted by Crippen LogP contribution is -2.10. The molecule has 1 heterocycles.